The quantitative estimate of drug-likeness (QED) is 0.726. The molecule has 0 aliphatic heterocycles. The van der Waals surface area contributed by atoms with Crippen LogP contribution in [-0.2, 0) is 11.2 Å². The number of hydrogen-bond donors (Lipinski definition) is 1. The maximum atomic E-state index is 13.0. The van der Waals surface area contributed by atoms with E-state index >= 15 is 0 Å². The molecule has 0 saturated carbocycles. The molecule has 118 valence electrons. The van der Waals surface area contributed by atoms with Crippen LogP contribution in [0.25, 0.3) is 0 Å². The van der Waals surface area contributed by atoms with Crippen LogP contribution in [0.1, 0.15) is 51.5 Å². The molecule has 0 aliphatic rings. The summed E-state index contributed by atoms with van der Waals surface area (Å²) in [5.41, 5.74) is 0.515. The van der Waals surface area contributed by atoms with Crippen molar-refractivity contribution in [2.45, 2.75) is 52.4 Å². The summed E-state index contributed by atoms with van der Waals surface area (Å²) in [5.74, 6) is -0.748. The van der Waals surface area contributed by atoms with Gasteiger partial charge in [-0.15, -0.1) is 0 Å². The summed E-state index contributed by atoms with van der Waals surface area (Å²) in [5, 5.41) is 2.92. The zero-order valence-corrected chi connectivity index (χ0v) is 12.9. The van der Waals surface area contributed by atoms with Gasteiger partial charge < -0.3 is 5.32 Å². The number of carbonyl (C=O) groups excluding carboxylic acids is 1. The Morgan fingerprint density at radius 2 is 1.86 bits per heavy atom. The lowest BCUT2D eigenvalue weighted by atomic mass is 9.99. The van der Waals surface area contributed by atoms with Crippen LogP contribution in [0.15, 0.2) is 18.2 Å². The van der Waals surface area contributed by atoms with E-state index in [0.717, 1.165) is 25.3 Å². The third kappa shape index (κ3) is 7.21. The molecule has 1 N–H and O–H groups in total. The molecule has 0 bridgehead atoms. The van der Waals surface area contributed by atoms with Gasteiger partial charge in [-0.05, 0) is 36.5 Å². The molecule has 4 heteroatoms. The lowest BCUT2D eigenvalue weighted by Crippen LogP contribution is -2.29. The first-order valence-electron chi connectivity index (χ1n) is 7.76. The van der Waals surface area contributed by atoms with Crippen molar-refractivity contribution in [3.63, 3.8) is 0 Å². The van der Waals surface area contributed by atoms with E-state index in [0.29, 0.717) is 24.4 Å². The van der Waals surface area contributed by atoms with Crippen molar-refractivity contribution >= 4 is 5.91 Å². The largest absolute Gasteiger partial charge is 0.356 e. The van der Waals surface area contributed by atoms with E-state index in [1.807, 2.05) is 0 Å². The number of carbonyl (C=O) groups is 1. The second-order valence-corrected chi connectivity index (χ2v) is 5.50. The zero-order chi connectivity index (χ0) is 15.7. The summed E-state index contributed by atoms with van der Waals surface area (Å²) >= 11 is 0. The summed E-state index contributed by atoms with van der Waals surface area (Å²) in [4.78, 5) is 11.8. The minimum absolute atomic E-state index is 0.0605. The zero-order valence-electron chi connectivity index (χ0n) is 12.9. The Morgan fingerprint density at radius 1 is 1.19 bits per heavy atom. The highest BCUT2D eigenvalue weighted by atomic mass is 19.1. The Balaban J connectivity index is 2.33. The lowest BCUT2D eigenvalue weighted by molar-refractivity contribution is -0.121. The Morgan fingerprint density at radius 3 is 2.43 bits per heavy atom. The van der Waals surface area contributed by atoms with E-state index < -0.39 is 11.6 Å². The third-order valence-electron chi connectivity index (χ3n) is 3.69. The Bertz CT molecular complexity index is 428. The molecule has 0 heterocycles. The molecule has 0 fully saturated rings. The van der Waals surface area contributed by atoms with Gasteiger partial charge in [0.1, 0.15) is 11.6 Å². The van der Waals surface area contributed by atoms with Gasteiger partial charge >= 0.3 is 0 Å². The van der Waals surface area contributed by atoms with E-state index in [-0.39, 0.29) is 12.3 Å². The third-order valence-corrected chi connectivity index (χ3v) is 3.69. The fraction of sp³-hybridized carbons (Fsp3) is 0.588. The van der Waals surface area contributed by atoms with Crippen molar-refractivity contribution in [3.05, 3.63) is 35.4 Å². The van der Waals surface area contributed by atoms with Crippen molar-refractivity contribution in [1.82, 2.24) is 5.32 Å². The summed E-state index contributed by atoms with van der Waals surface area (Å²) in [6.07, 6.45) is 5.13. The van der Waals surface area contributed by atoms with Crippen molar-refractivity contribution in [2.75, 3.05) is 6.54 Å². The number of benzene rings is 1. The predicted molar refractivity (Wildman–Crippen MR) is 81.0 cm³/mol. The molecule has 1 unspecified atom stereocenters. The fourth-order valence-corrected chi connectivity index (χ4v) is 2.30. The highest BCUT2D eigenvalue weighted by molar-refractivity contribution is 5.76. The minimum atomic E-state index is -0.601. The van der Waals surface area contributed by atoms with Crippen LogP contribution in [0.2, 0.25) is 0 Å². The van der Waals surface area contributed by atoms with Gasteiger partial charge in [-0.2, -0.15) is 0 Å². The number of nitrogens with one attached hydrogen (secondary N) is 1. The molecule has 0 aromatic heterocycles. The van der Waals surface area contributed by atoms with E-state index in [1.165, 1.54) is 18.6 Å². The van der Waals surface area contributed by atoms with Crippen molar-refractivity contribution < 1.29 is 13.6 Å². The topological polar surface area (TPSA) is 29.1 Å². The molecule has 1 amide bonds. The van der Waals surface area contributed by atoms with Crippen LogP contribution in [-0.4, -0.2) is 12.5 Å². The molecule has 0 saturated heterocycles. The normalized spacial score (nSPS) is 12.2. The number of aryl methyl sites for hydroxylation is 1. The Kier molecular flexibility index (Phi) is 7.95. The van der Waals surface area contributed by atoms with E-state index in [9.17, 15) is 13.6 Å². The van der Waals surface area contributed by atoms with Crippen molar-refractivity contribution in [3.8, 4) is 0 Å². The molecular weight excluding hydrogens is 272 g/mol. The van der Waals surface area contributed by atoms with Gasteiger partial charge in [0.25, 0.3) is 0 Å². The molecule has 0 spiro atoms. The van der Waals surface area contributed by atoms with E-state index in [2.05, 4.69) is 19.2 Å². The van der Waals surface area contributed by atoms with Crippen LogP contribution < -0.4 is 5.32 Å². The fourth-order valence-electron chi connectivity index (χ4n) is 2.30. The lowest BCUT2D eigenvalue weighted by Gasteiger charge is -2.15. The van der Waals surface area contributed by atoms with Gasteiger partial charge in [0.05, 0.1) is 0 Å². The molecule has 1 atom stereocenters. The minimum Gasteiger partial charge on any atom is -0.356 e. The summed E-state index contributed by atoms with van der Waals surface area (Å²) < 4.78 is 26.1. The van der Waals surface area contributed by atoms with Gasteiger partial charge in [-0.25, -0.2) is 8.78 Å². The number of halogens is 2. The molecule has 21 heavy (non-hydrogen) atoms. The van der Waals surface area contributed by atoms with Gasteiger partial charge in [-0.3, -0.25) is 4.79 Å². The Labute approximate surface area is 125 Å². The van der Waals surface area contributed by atoms with Gasteiger partial charge in [0.2, 0.25) is 5.91 Å². The van der Waals surface area contributed by atoms with Crippen LogP contribution in [0.5, 0.6) is 0 Å². The average molecular weight is 297 g/mol. The number of amides is 1. The number of rotatable bonds is 9. The maximum absolute atomic E-state index is 13.0. The van der Waals surface area contributed by atoms with Crippen molar-refractivity contribution in [2.24, 2.45) is 5.92 Å². The van der Waals surface area contributed by atoms with Crippen molar-refractivity contribution in [1.29, 1.82) is 0 Å². The average Bonchev–Trinajstić information content (AvgIpc) is 2.44. The first-order chi connectivity index (χ1) is 10.0. The molecule has 1 aromatic rings. The standard InChI is InChI=1S/C17H25F2NO/c1-3-5-6-13(4-2)12-20-17(21)8-7-14-9-15(18)11-16(19)10-14/h9-11,13H,3-8,12H2,1-2H3,(H,20,21). The highest BCUT2D eigenvalue weighted by Crippen LogP contribution is 2.12. The molecular formula is C17H25F2NO. The molecule has 2 nitrogen and oxygen atoms in total. The molecule has 1 rings (SSSR count). The monoisotopic (exact) mass is 297 g/mol. The van der Waals surface area contributed by atoms with Gasteiger partial charge in [-0.1, -0.05) is 33.1 Å². The molecule has 0 radical (unpaired) electrons. The maximum Gasteiger partial charge on any atom is 0.220 e. The van der Waals surface area contributed by atoms with E-state index in [1.54, 1.807) is 0 Å². The summed E-state index contributed by atoms with van der Waals surface area (Å²) in [6, 6.07) is 3.38. The first kappa shape index (κ1) is 17.6. The van der Waals surface area contributed by atoms with Crippen LogP contribution in [0.4, 0.5) is 8.78 Å². The number of unbranched alkanes of at least 4 members (excludes halogenated alkanes) is 1. The number of hydrogen-bond acceptors (Lipinski definition) is 1. The van der Waals surface area contributed by atoms with Crippen LogP contribution in [0.3, 0.4) is 0 Å². The SMILES string of the molecule is CCCCC(CC)CNC(=O)CCc1cc(F)cc(F)c1. The van der Waals surface area contributed by atoms with E-state index in [4.69, 9.17) is 0 Å². The van der Waals surface area contributed by atoms with Gasteiger partial charge in [0.15, 0.2) is 0 Å². The highest BCUT2D eigenvalue weighted by Gasteiger charge is 2.09. The smallest absolute Gasteiger partial charge is 0.220 e. The molecule has 1 aromatic carbocycles. The second kappa shape index (κ2) is 9.48. The van der Waals surface area contributed by atoms with Crippen LogP contribution >= 0.6 is 0 Å². The van der Waals surface area contributed by atoms with Gasteiger partial charge in [0, 0.05) is 19.0 Å². The molecule has 0 aliphatic carbocycles. The van der Waals surface area contributed by atoms with Crippen LogP contribution in [0, 0.1) is 17.6 Å². The summed E-state index contributed by atoms with van der Waals surface area (Å²) in [7, 11) is 0. The Hall–Kier alpha value is -1.45. The summed E-state index contributed by atoms with van der Waals surface area (Å²) in [6.45, 7) is 4.97. The second-order valence-electron chi connectivity index (χ2n) is 5.50. The first-order valence-corrected chi connectivity index (χ1v) is 7.76. The predicted octanol–water partition coefficient (Wildman–Crippen LogP) is 4.23.